The Morgan fingerprint density at radius 2 is 2.17 bits per heavy atom. The molecule has 0 spiro atoms. The molecule has 0 bridgehead atoms. The molecule has 1 aromatic carbocycles. The van der Waals surface area contributed by atoms with Crippen molar-refractivity contribution in [3.63, 3.8) is 0 Å². The highest BCUT2D eigenvalue weighted by Crippen LogP contribution is 2.28. The van der Waals surface area contributed by atoms with Crippen molar-refractivity contribution in [3.8, 4) is 6.07 Å². The fourth-order valence-electron chi connectivity index (χ4n) is 1.49. The van der Waals surface area contributed by atoms with Crippen LogP contribution in [-0.2, 0) is 21.8 Å². The number of methoxy groups -OCH3 is 1. The smallest absolute Gasteiger partial charge is 0.310 e. The summed E-state index contributed by atoms with van der Waals surface area (Å²) >= 11 is 5.58. The number of hydrogen-bond acceptors (Lipinski definition) is 5. The number of nitrogens with zero attached hydrogens (tertiary/aromatic N) is 2. The van der Waals surface area contributed by atoms with Gasteiger partial charge in [-0.2, -0.15) is 5.26 Å². The van der Waals surface area contributed by atoms with Gasteiger partial charge in [0, 0.05) is 5.56 Å². The summed E-state index contributed by atoms with van der Waals surface area (Å²) in [5.41, 5.74) is -0.00537. The van der Waals surface area contributed by atoms with Crippen LogP contribution in [0.15, 0.2) is 12.1 Å². The minimum absolute atomic E-state index is 0.0799. The van der Waals surface area contributed by atoms with Crippen LogP contribution >= 0.6 is 11.6 Å². The molecule has 0 aliphatic carbocycles. The third-order valence-electron chi connectivity index (χ3n) is 2.35. The average molecular weight is 269 g/mol. The predicted octanol–water partition coefficient (Wildman–Crippen LogP) is 1.92. The van der Waals surface area contributed by atoms with Crippen molar-refractivity contribution >= 4 is 23.3 Å². The standard InChI is InChI=1S/C11H9ClN2O4/c1-18-10(15)4-7-2-3-8(5-12)11(14(16)17)9(7)6-13/h2-3H,4-5H2,1H3. The van der Waals surface area contributed by atoms with E-state index < -0.39 is 10.9 Å². The number of carbonyl (C=O) groups excluding carboxylic acids is 1. The van der Waals surface area contributed by atoms with Gasteiger partial charge in [-0.3, -0.25) is 14.9 Å². The molecule has 6 nitrogen and oxygen atoms in total. The van der Waals surface area contributed by atoms with Crippen LogP contribution in [0, 0.1) is 21.4 Å². The number of nitriles is 1. The van der Waals surface area contributed by atoms with E-state index in [2.05, 4.69) is 4.74 Å². The molecule has 94 valence electrons. The largest absolute Gasteiger partial charge is 0.469 e. The van der Waals surface area contributed by atoms with Crippen molar-refractivity contribution in [3.05, 3.63) is 38.9 Å². The highest BCUT2D eigenvalue weighted by atomic mass is 35.5. The highest BCUT2D eigenvalue weighted by molar-refractivity contribution is 6.17. The minimum atomic E-state index is -0.670. The summed E-state index contributed by atoms with van der Waals surface area (Å²) < 4.78 is 4.47. The second-order valence-electron chi connectivity index (χ2n) is 3.36. The van der Waals surface area contributed by atoms with Crippen molar-refractivity contribution in [1.82, 2.24) is 0 Å². The van der Waals surface area contributed by atoms with Gasteiger partial charge in [0.05, 0.1) is 24.3 Å². The Morgan fingerprint density at radius 1 is 1.56 bits per heavy atom. The zero-order chi connectivity index (χ0) is 13.7. The zero-order valence-electron chi connectivity index (χ0n) is 9.47. The van der Waals surface area contributed by atoms with Crippen LogP contribution < -0.4 is 0 Å². The molecular formula is C11H9ClN2O4. The Labute approximate surface area is 108 Å². The van der Waals surface area contributed by atoms with Gasteiger partial charge < -0.3 is 4.74 Å². The number of carbonyl (C=O) groups is 1. The van der Waals surface area contributed by atoms with E-state index in [4.69, 9.17) is 16.9 Å². The number of hydrogen-bond donors (Lipinski definition) is 0. The van der Waals surface area contributed by atoms with E-state index in [0.29, 0.717) is 0 Å². The van der Waals surface area contributed by atoms with Crippen LogP contribution in [0.1, 0.15) is 16.7 Å². The van der Waals surface area contributed by atoms with Gasteiger partial charge in [0.2, 0.25) is 0 Å². The zero-order valence-corrected chi connectivity index (χ0v) is 10.2. The molecule has 0 saturated carbocycles. The van der Waals surface area contributed by atoms with Crippen LogP contribution in [0.3, 0.4) is 0 Å². The summed E-state index contributed by atoms with van der Waals surface area (Å²) in [6, 6.07) is 4.65. The number of ether oxygens (including phenoxy) is 1. The summed E-state index contributed by atoms with van der Waals surface area (Å²) in [6.07, 6.45) is -0.192. The molecule has 0 saturated heterocycles. The van der Waals surface area contributed by atoms with Crippen LogP contribution in [0.4, 0.5) is 5.69 Å². The van der Waals surface area contributed by atoms with E-state index in [1.54, 1.807) is 6.07 Å². The van der Waals surface area contributed by atoms with Crippen LogP contribution in [0.2, 0.25) is 0 Å². The van der Waals surface area contributed by atoms with Crippen molar-refractivity contribution in [2.24, 2.45) is 0 Å². The van der Waals surface area contributed by atoms with Gasteiger partial charge in [-0.1, -0.05) is 12.1 Å². The molecule has 7 heteroatoms. The monoisotopic (exact) mass is 268 g/mol. The van der Waals surface area contributed by atoms with E-state index >= 15 is 0 Å². The van der Waals surface area contributed by atoms with E-state index in [1.807, 2.05) is 0 Å². The van der Waals surface area contributed by atoms with E-state index in [9.17, 15) is 14.9 Å². The predicted molar refractivity (Wildman–Crippen MR) is 63.1 cm³/mol. The Hall–Kier alpha value is -2.13. The van der Waals surface area contributed by atoms with Crippen molar-refractivity contribution < 1.29 is 14.5 Å². The normalized spacial score (nSPS) is 9.61. The van der Waals surface area contributed by atoms with E-state index in [1.165, 1.54) is 19.2 Å². The second kappa shape index (κ2) is 5.98. The van der Waals surface area contributed by atoms with Gasteiger partial charge in [0.25, 0.3) is 5.69 Å². The number of nitro benzene ring substituents is 1. The molecule has 0 aliphatic heterocycles. The maximum absolute atomic E-state index is 11.2. The Bertz CT molecular complexity index is 537. The lowest BCUT2D eigenvalue weighted by molar-refractivity contribution is -0.385. The first-order valence-electron chi connectivity index (χ1n) is 4.87. The van der Waals surface area contributed by atoms with Gasteiger partial charge in [-0.15, -0.1) is 11.6 Å². The summed E-state index contributed by atoms with van der Waals surface area (Å²) in [7, 11) is 1.20. The maximum atomic E-state index is 11.2. The lowest BCUT2D eigenvalue weighted by atomic mass is 10.00. The topological polar surface area (TPSA) is 93.2 Å². The number of nitro groups is 1. The third-order valence-corrected chi connectivity index (χ3v) is 2.64. The van der Waals surface area contributed by atoms with E-state index in [-0.39, 0.29) is 34.7 Å². The molecule has 0 aliphatic rings. The van der Waals surface area contributed by atoms with Crippen LogP contribution in [0.5, 0.6) is 0 Å². The highest BCUT2D eigenvalue weighted by Gasteiger charge is 2.23. The summed E-state index contributed by atoms with van der Waals surface area (Å²) in [5.74, 6) is -0.650. The lowest BCUT2D eigenvalue weighted by Crippen LogP contribution is -2.08. The fourth-order valence-corrected chi connectivity index (χ4v) is 1.71. The molecule has 0 unspecified atom stereocenters. The summed E-state index contributed by atoms with van der Waals surface area (Å²) in [6.45, 7) is 0. The molecular weight excluding hydrogens is 260 g/mol. The number of esters is 1. The minimum Gasteiger partial charge on any atom is -0.469 e. The SMILES string of the molecule is COC(=O)Cc1ccc(CCl)c([N+](=O)[O-])c1C#N. The molecule has 0 heterocycles. The number of benzene rings is 1. The van der Waals surface area contributed by atoms with Gasteiger partial charge >= 0.3 is 5.97 Å². The molecule has 0 amide bonds. The maximum Gasteiger partial charge on any atom is 0.310 e. The first-order valence-corrected chi connectivity index (χ1v) is 5.40. The van der Waals surface area contributed by atoms with Crippen molar-refractivity contribution in [2.75, 3.05) is 7.11 Å². The molecule has 18 heavy (non-hydrogen) atoms. The number of rotatable bonds is 4. The molecule has 0 N–H and O–H groups in total. The first-order chi connectivity index (χ1) is 8.54. The molecule has 0 aromatic heterocycles. The summed E-state index contributed by atoms with van der Waals surface area (Å²) in [4.78, 5) is 21.4. The van der Waals surface area contributed by atoms with Crippen molar-refractivity contribution in [2.45, 2.75) is 12.3 Å². The van der Waals surface area contributed by atoms with Gasteiger partial charge in [-0.05, 0) is 5.56 Å². The fraction of sp³-hybridized carbons (Fsp3) is 0.273. The number of alkyl halides is 1. The lowest BCUT2D eigenvalue weighted by Gasteiger charge is -2.06. The summed E-state index contributed by atoms with van der Waals surface area (Å²) in [5, 5.41) is 20.0. The van der Waals surface area contributed by atoms with Crippen molar-refractivity contribution in [1.29, 1.82) is 5.26 Å². The van der Waals surface area contributed by atoms with Gasteiger partial charge in [0.15, 0.2) is 0 Å². The quantitative estimate of drug-likeness (QED) is 0.360. The van der Waals surface area contributed by atoms with Crippen LogP contribution in [-0.4, -0.2) is 18.0 Å². The second-order valence-corrected chi connectivity index (χ2v) is 3.63. The molecule has 0 atom stereocenters. The van der Waals surface area contributed by atoms with E-state index in [0.717, 1.165) is 0 Å². The first kappa shape index (κ1) is 13.9. The Balaban J connectivity index is 3.39. The number of halogens is 1. The molecule has 0 fully saturated rings. The van der Waals surface area contributed by atoms with Crippen LogP contribution in [0.25, 0.3) is 0 Å². The molecule has 1 aromatic rings. The van der Waals surface area contributed by atoms with Gasteiger partial charge in [-0.25, -0.2) is 0 Å². The third kappa shape index (κ3) is 2.76. The molecule has 0 radical (unpaired) electrons. The van der Waals surface area contributed by atoms with Gasteiger partial charge in [0.1, 0.15) is 11.6 Å². The average Bonchev–Trinajstić information content (AvgIpc) is 2.37. The molecule has 1 rings (SSSR count). The Kier molecular flexibility index (Phi) is 4.63. The Morgan fingerprint density at radius 3 is 2.61 bits per heavy atom.